The van der Waals surface area contributed by atoms with E-state index < -0.39 is 0 Å². The van der Waals surface area contributed by atoms with Crippen molar-refractivity contribution in [2.45, 2.75) is 25.7 Å². The first-order valence-electron chi connectivity index (χ1n) is 5.63. The number of halogens is 3. The normalized spacial score (nSPS) is 15.0. The van der Waals surface area contributed by atoms with Crippen LogP contribution in [0.25, 0.3) is 10.9 Å². The summed E-state index contributed by atoms with van der Waals surface area (Å²) in [6, 6.07) is 4.01. The van der Waals surface area contributed by atoms with Gasteiger partial charge in [-0.1, -0.05) is 27.5 Å². The number of hydrogen-bond donors (Lipinski definition) is 0. The van der Waals surface area contributed by atoms with Gasteiger partial charge in [0, 0.05) is 20.0 Å². The van der Waals surface area contributed by atoms with E-state index in [4.69, 9.17) is 16.6 Å². The number of hydrogen-bond acceptors (Lipinski definition) is 1. The summed E-state index contributed by atoms with van der Waals surface area (Å²) in [6.07, 6.45) is 4.53. The second kappa shape index (κ2) is 4.52. The summed E-state index contributed by atoms with van der Waals surface area (Å²) in [5, 5.41) is 1.90. The first-order chi connectivity index (χ1) is 8.18. The molecule has 3 rings (SSSR count). The molecule has 4 heteroatoms. The number of aryl methyl sites for hydroxylation is 1. The minimum Gasteiger partial charge on any atom is -0.251 e. The summed E-state index contributed by atoms with van der Waals surface area (Å²) in [4.78, 5) is 4.78. The highest BCUT2D eigenvalue weighted by molar-refractivity contribution is 9.11. The molecule has 0 atom stereocenters. The molecular formula is C13H10Br2ClN. The van der Waals surface area contributed by atoms with Crippen molar-refractivity contribution >= 4 is 54.4 Å². The first kappa shape index (κ1) is 11.9. The molecule has 0 spiro atoms. The maximum absolute atomic E-state index is 6.55. The Balaban J connectivity index is 2.44. The second-order valence-electron chi connectivity index (χ2n) is 4.31. The van der Waals surface area contributed by atoms with Crippen molar-refractivity contribution in [3.05, 3.63) is 37.4 Å². The van der Waals surface area contributed by atoms with Crippen molar-refractivity contribution in [3.8, 4) is 0 Å². The van der Waals surface area contributed by atoms with Gasteiger partial charge >= 0.3 is 0 Å². The number of nitrogens with zero attached hydrogens (tertiary/aromatic N) is 1. The van der Waals surface area contributed by atoms with E-state index in [1.165, 1.54) is 24.1 Å². The van der Waals surface area contributed by atoms with E-state index in [9.17, 15) is 0 Å². The molecule has 1 heterocycles. The number of benzene rings is 1. The van der Waals surface area contributed by atoms with E-state index in [-0.39, 0.29) is 0 Å². The lowest BCUT2D eigenvalue weighted by atomic mass is 9.94. The van der Waals surface area contributed by atoms with Gasteiger partial charge in [0.2, 0.25) is 0 Å². The molecule has 0 radical (unpaired) electrons. The quantitative estimate of drug-likeness (QED) is 0.609. The molecule has 0 N–H and O–H groups in total. The number of aromatic nitrogens is 1. The van der Waals surface area contributed by atoms with E-state index in [1.54, 1.807) is 0 Å². The third-order valence-corrected chi connectivity index (χ3v) is 4.97. The fourth-order valence-electron chi connectivity index (χ4n) is 2.39. The van der Waals surface area contributed by atoms with Gasteiger partial charge in [0.15, 0.2) is 0 Å². The molecular weight excluding hydrogens is 365 g/mol. The Morgan fingerprint density at radius 3 is 2.59 bits per heavy atom. The van der Waals surface area contributed by atoms with Crippen LogP contribution in [0.3, 0.4) is 0 Å². The van der Waals surface area contributed by atoms with Gasteiger partial charge in [0.1, 0.15) is 0 Å². The van der Waals surface area contributed by atoms with Crippen LogP contribution < -0.4 is 0 Å². The first-order valence-corrected chi connectivity index (χ1v) is 7.60. The van der Waals surface area contributed by atoms with E-state index in [2.05, 4.69) is 31.9 Å². The van der Waals surface area contributed by atoms with Crippen molar-refractivity contribution < 1.29 is 0 Å². The summed E-state index contributed by atoms with van der Waals surface area (Å²) in [5.74, 6) is 0. The number of fused-ring (bicyclic) bond motifs is 2. The third kappa shape index (κ3) is 1.92. The number of pyridine rings is 1. The van der Waals surface area contributed by atoms with E-state index in [1.807, 2.05) is 12.1 Å². The Morgan fingerprint density at radius 1 is 1.06 bits per heavy atom. The van der Waals surface area contributed by atoms with Gasteiger partial charge in [-0.15, -0.1) is 0 Å². The van der Waals surface area contributed by atoms with Crippen LogP contribution in [0.15, 0.2) is 21.1 Å². The lowest BCUT2D eigenvalue weighted by Gasteiger charge is -2.18. The highest BCUT2D eigenvalue weighted by atomic mass is 79.9. The Kier molecular flexibility index (Phi) is 3.18. The van der Waals surface area contributed by atoms with E-state index in [0.717, 1.165) is 37.7 Å². The molecule has 1 aliphatic carbocycles. The Labute approximate surface area is 122 Å². The fraction of sp³-hybridized carbons (Fsp3) is 0.308. The molecule has 0 bridgehead atoms. The zero-order valence-corrected chi connectivity index (χ0v) is 13.0. The number of rotatable bonds is 0. The second-order valence-corrected chi connectivity index (χ2v) is 6.40. The predicted octanol–water partition coefficient (Wildman–Crippen LogP) is 5.29. The zero-order valence-electron chi connectivity index (χ0n) is 9.06. The van der Waals surface area contributed by atoms with Crippen LogP contribution in [0.1, 0.15) is 24.1 Å². The summed E-state index contributed by atoms with van der Waals surface area (Å²) < 4.78 is 2.02. The lowest BCUT2D eigenvalue weighted by Crippen LogP contribution is -2.07. The van der Waals surface area contributed by atoms with Gasteiger partial charge in [0.05, 0.1) is 10.5 Å². The SMILES string of the molecule is Clc1c2c(nc3c(Br)ccc(Br)c13)CCCC2. The van der Waals surface area contributed by atoms with E-state index in [0.29, 0.717) is 0 Å². The minimum atomic E-state index is 0.873. The Hall–Kier alpha value is -0.120. The van der Waals surface area contributed by atoms with Gasteiger partial charge < -0.3 is 0 Å². The molecule has 2 aromatic rings. The molecule has 1 aromatic heterocycles. The smallest absolute Gasteiger partial charge is 0.0873 e. The molecule has 0 aliphatic heterocycles. The molecule has 17 heavy (non-hydrogen) atoms. The monoisotopic (exact) mass is 373 g/mol. The third-order valence-electron chi connectivity index (χ3n) is 3.25. The Bertz CT molecular complexity index is 610. The van der Waals surface area contributed by atoms with Crippen LogP contribution in [0.2, 0.25) is 5.02 Å². The summed E-state index contributed by atoms with van der Waals surface area (Å²) in [6.45, 7) is 0. The van der Waals surface area contributed by atoms with Crippen molar-refractivity contribution in [2.75, 3.05) is 0 Å². The van der Waals surface area contributed by atoms with Gasteiger partial charge in [0.25, 0.3) is 0 Å². The molecule has 1 aliphatic rings. The van der Waals surface area contributed by atoms with Crippen LogP contribution in [0, 0.1) is 0 Å². The van der Waals surface area contributed by atoms with Crippen molar-refractivity contribution in [1.29, 1.82) is 0 Å². The van der Waals surface area contributed by atoms with Crippen molar-refractivity contribution in [1.82, 2.24) is 4.98 Å². The van der Waals surface area contributed by atoms with Crippen LogP contribution >= 0.6 is 43.5 Å². The maximum Gasteiger partial charge on any atom is 0.0873 e. The largest absolute Gasteiger partial charge is 0.251 e. The minimum absolute atomic E-state index is 0.873. The van der Waals surface area contributed by atoms with Gasteiger partial charge in [-0.3, -0.25) is 4.98 Å². The van der Waals surface area contributed by atoms with Crippen LogP contribution in [0.4, 0.5) is 0 Å². The summed E-state index contributed by atoms with van der Waals surface area (Å²) in [7, 11) is 0. The summed E-state index contributed by atoms with van der Waals surface area (Å²) in [5.41, 5.74) is 3.38. The van der Waals surface area contributed by atoms with Gasteiger partial charge in [-0.2, -0.15) is 0 Å². The van der Waals surface area contributed by atoms with Crippen molar-refractivity contribution in [2.24, 2.45) is 0 Å². The Morgan fingerprint density at radius 2 is 1.76 bits per heavy atom. The maximum atomic E-state index is 6.55. The molecule has 1 nitrogen and oxygen atoms in total. The van der Waals surface area contributed by atoms with Crippen LogP contribution in [-0.2, 0) is 12.8 Å². The highest BCUT2D eigenvalue weighted by Gasteiger charge is 2.19. The average molecular weight is 375 g/mol. The molecule has 0 saturated heterocycles. The standard InChI is InChI=1S/C13H10Br2ClN/c14-8-5-6-9(15)13-11(8)12(16)7-3-1-2-4-10(7)17-13/h5-6H,1-4H2. The van der Waals surface area contributed by atoms with Gasteiger partial charge in [-0.05, 0) is 59.3 Å². The van der Waals surface area contributed by atoms with Crippen molar-refractivity contribution in [3.63, 3.8) is 0 Å². The van der Waals surface area contributed by atoms with Crippen LogP contribution in [0.5, 0.6) is 0 Å². The molecule has 0 amide bonds. The van der Waals surface area contributed by atoms with Gasteiger partial charge in [-0.25, -0.2) is 0 Å². The zero-order chi connectivity index (χ0) is 12.0. The average Bonchev–Trinajstić information content (AvgIpc) is 2.34. The lowest BCUT2D eigenvalue weighted by molar-refractivity contribution is 0.671. The topological polar surface area (TPSA) is 12.9 Å². The molecule has 1 aromatic carbocycles. The fourth-order valence-corrected chi connectivity index (χ4v) is 3.84. The van der Waals surface area contributed by atoms with E-state index >= 15 is 0 Å². The molecule has 0 fully saturated rings. The highest BCUT2D eigenvalue weighted by Crippen LogP contribution is 2.39. The van der Waals surface area contributed by atoms with Crippen LogP contribution in [-0.4, -0.2) is 4.98 Å². The molecule has 88 valence electrons. The predicted molar refractivity (Wildman–Crippen MR) is 78.8 cm³/mol. The molecule has 0 saturated carbocycles. The summed E-state index contributed by atoms with van der Waals surface area (Å²) >= 11 is 13.7. The molecule has 0 unspecified atom stereocenters.